The van der Waals surface area contributed by atoms with Gasteiger partial charge in [-0.2, -0.15) is 0 Å². The first kappa shape index (κ1) is 21.6. The van der Waals surface area contributed by atoms with Crippen molar-refractivity contribution >= 4 is 5.91 Å². The molecule has 2 saturated heterocycles. The van der Waals surface area contributed by atoms with Crippen LogP contribution in [0.25, 0.3) is 0 Å². The van der Waals surface area contributed by atoms with Crippen molar-refractivity contribution in [1.29, 1.82) is 0 Å². The molecule has 170 valence electrons. The average Bonchev–Trinajstić information content (AvgIpc) is 2.80. The van der Waals surface area contributed by atoms with Crippen molar-refractivity contribution in [3.63, 3.8) is 0 Å². The zero-order chi connectivity index (χ0) is 22.0. The fourth-order valence-electron chi connectivity index (χ4n) is 5.20. The summed E-state index contributed by atoms with van der Waals surface area (Å²) in [5, 5.41) is 0. The monoisotopic (exact) mass is 438 g/mol. The van der Waals surface area contributed by atoms with E-state index in [2.05, 4.69) is 17.0 Å². The van der Waals surface area contributed by atoms with Gasteiger partial charge in [0.05, 0.1) is 24.7 Å². The predicted molar refractivity (Wildman–Crippen MR) is 120 cm³/mol. The molecule has 6 heteroatoms. The summed E-state index contributed by atoms with van der Waals surface area (Å²) in [5.41, 5.74) is 1.54. The van der Waals surface area contributed by atoms with Crippen molar-refractivity contribution in [2.24, 2.45) is 0 Å². The van der Waals surface area contributed by atoms with E-state index in [0.29, 0.717) is 26.3 Å². The lowest BCUT2D eigenvalue weighted by molar-refractivity contribution is -0.191. The van der Waals surface area contributed by atoms with E-state index in [1.165, 1.54) is 17.7 Å². The van der Waals surface area contributed by atoms with Crippen LogP contribution in [0.4, 0.5) is 4.39 Å². The fraction of sp³-hybridized carbons (Fsp3) is 0.500. The van der Waals surface area contributed by atoms with E-state index in [0.717, 1.165) is 44.3 Å². The summed E-state index contributed by atoms with van der Waals surface area (Å²) in [6, 6.07) is 16.9. The molecule has 2 heterocycles. The van der Waals surface area contributed by atoms with Crippen LogP contribution < -0.4 is 0 Å². The largest absolute Gasteiger partial charge is 0.371 e. The Hall–Kier alpha value is -2.28. The van der Waals surface area contributed by atoms with E-state index in [1.807, 2.05) is 29.2 Å². The maximum absolute atomic E-state index is 13.8. The summed E-state index contributed by atoms with van der Waals surface area (Å²) >= 11 is 0. The summed E-state index contributed by atoms with van der Waals surface area (Å²) in [7, 11) is 0. The molecule has 2 aromatic rings. The number of carbonyl (C=O) groups excluding carboxylic acids is 1. The van der Waals surface area contributed by atoms with Crippen LogP contribution in [0, 0.1) is 5.82 Å². The van der Waals surface area contributed by atoms with E-state index in [4.69, 9.17) is 9.47 Å². The Morgan fingerprint density at radius 3 is 2.38 bits per heavy atom. The van der Waals surface area contributed by atoms with Crippen LogP contribution in [-0.4, -0.2) is 67.4 Å². The van der Waals surface area contributed by atoms with Crippen LogP contribution in [0.3, 0.4) is 0 Å². The van der Waals surface area contributed by atoms with Gasteiger partial charge in [-0.1, -0.05) is 48.9 Å². The minimum Gasteiger partial charge on any atom is -0.371 e. The Morgan fingerprint density at radius 1 is 0.969 bits per heavy atom. The topological polar surface area (TPSA) is 42.0 Å². The first-order chi connectivity index (χ1) is 15.6. The van der Waals surface area contributed by atoms with Gasteiger partial charge in [-0.05, 0) is 36.1 Å². The number of nitrogens with zero attached hydrogens (tertiary/aromatic N) is 2. The van der Waals surface area contributed by atoms with E-state index < -0.39 is 5.41 Å². The number of piperazine rings is 1. The zero-order valence-corrected chi connectivity index (χ0v) is 18.4. The highest BCUT2D eigenvalue weighted by atomic mass is 19.1. The van der Waals surface area contributed by atoms with Crippen LogP contribution in [0.1, 0.15) is 30.4 Å². The maximum Gasteiger partial charge on any atom is 0.233 e. The standard InChI is InChI=1S/C26H31FN2O3/c27-22-9-4-8-21(17-22)26(10-5-11-26)25(30)29-14-12-28(13-15-29)24-19-31-23(18-32-24)16-20-6-2-1-3-7-20/h1-4,6-9,17,23-24H,5,10-16,18-19H2. The van der Waals surface area contributed by atoms with Gasteiger partial charge < -0.3 is 14.4 Å². The summed E-state index contributed by atoms with van der Waals surface area (Å²) < 4.78 is 26.0. The Balaban J connectivity index is 1.13. The van der Waals surface area contributed by atoms with E-state index in [1.54, 1.807) is 6.07 Å². The maximum atomic E-state index is 13.8. The lowest BCUT2D eigenvalue weighted by Gasteiger charge is -2.47. The van der Waals surface area contributed by atoms with Gasteiger partial charge >= 0.3 is 0 Å². The van der Waals surface area contributed by atoms with Gasteiger partial charge in [0.25, 0.3) is 0 Å². The smallest absolute Gasteiger partial charge is 0.233 e. The quantitative estimate of drug-likeness (QED) is 0.718. The average molecular weight is 439 g/mol. The molecule has 2 aromatic carbocycles. The SMILES string of the molecule is O=C(N1CCN(C2COC(Cc3ccccc3)CO2)CC1)C1(c2cccc(F)c2)CCC1. The molecule has 2 atom stereocenters. The minimum atomic E-state index is -0.542. The molecule has 2 unspecified atom stereocenters. The Bertz CT molecular complexity index is 918. The van der Waals surface area contributed by atoms with Gasteiger partial charge in [0, 0.05) is 32.6 Å². The molecule has 0 aromatic heterocycles. The highest BCUT2D eigenvalue weighted by Gasteiger charge is 2.48. The van der Waals surface area contributed by atoms with Gasteiger partial charge in [0.2, 0.25) is 5.91 Å². The third-order valence-electron chi connectivity index (χ3n) is 7.26. The fourth-order valence-corrected chi connectivity index (χ4v) is 5.20. The molecule has 1 amide bonds. The lowest BCUT2D eigenvalue weighted by atomic mass is 9.63. The second kappa shape index (κ2) is 9.30. The lowest BCUT2D eigenvalue weighted by Crippen LogP contribution is -2.59. The van der Waals surface area contributed by atoms with Crippen molar-refractivity contribution in [2.45, 2.75) is 43.4 Å². The van der Waals surface area contributed by atoms with Crippen LogP contribution in [0.2, 0.25) is 0 Å². The predicted octanol–water partition coefficient (Wildman–Crippen LogP) is 3.38. The minimum absolute atomic E-state index is 0.0554. The van der Waals surface area contributed by atoms with E-state index in [9.17, 15) is 9.18 Å². The number of benzene rings is 2. The molecule has 0 N–H and O–H groups in total. The van der Waals surface area contributed by atoms with Crippen LogP contribution in [-0.2, 0) is 26.1 Å². The molecule has 2 aliphatic heterocycles. The van der Waals surface area contributed by atoms with Crippen molar-refractivity contribution in [3.8, 4) is 0 Å². The van der Waals surface area contributed by atoms with Gasteiger partial charge in [-0.15, -0.1) is 0 Å². The number of carbonyl (C=O) groups is 1. The first-order valence-corrected chi connectivity index (χ1v) is 11.7. The molecule has 0 radical (unpaired) electrons. The number of halogens is 1. The van der Waals surface area contributed by atoms with Crippen LogP contribution in [0.15, 0.2) is 54.6 Å². The van der Waals surface area contributed by atoms with Gasteiger partial charge in [0.15, 0.2) is 0 Å². The molecule has 0 spiro atoms. The number of amides is 1. The normalized spacial score (nSPS) is 25.8. The number of hydrogen-bond acceptors (Lipinski definition) is 4. The van der Waals surface area contributed by atoms with Crippen LogP contribution in [0.5, 0.6) is 0 Å². The molecule has 1 saturated carbocycles. The number of ether oxygens (including phenoxy) is 2. The second-order valence-electron chi connectivity index (χ2n) is 9.21. The Labute approximate surface area is 189 Å². The summed E-state index contributed by atoms with van der Waals surface area (Å²) in [4.78, 5) is 17.7. The molecule has 3 aliphatic rings. The Kier molecular flexibility index (Phi) is 6.26. The summed E-state index contributed by atoms with van der Waals surface area (Å²) in [6.07, 6.45) is 3.51. The molecule has 1 aliphatic carbocycles. The molecular weight excluding hydrogens is 407 g/mol. The molecule has 0 bridgehead atoms. The third kappa shape index (κ3) is 4.32. The van der Waals surface area contributed by atoms with Crippen molar-refractivity contribution in [1.82, 2.24) is 9.80 Å². The summed E-state index contributed by atoms with van der Waals surface area (Å²) in [5.74, 6) is -0.121. The molecular formula is C26H31FN2O3. The molecule has 3 fully saturated rings. The number of hydrogen-bond donors (Lipinski definition) is 0. The Morgan fingerprint density at radius 2 is 1.75 bits per heavy atom. The number of rotatable bonds is 5. The van der Waals surface area contributed by atoms with Crippen molar-refractivity contribution < 1.29 is 18.7 Å². The molecule has 5 nitrogen and oxygen atoms in total. The second-order valence-corrected chi connectivity index (χ2v) is 9.21. The van der Waals surface area contributed by atoms with Crippen LogP contribution >= 0.6 is 0 Å². The van der Waals surface area contributed by atoms with E-state index >= 15 is 0 Å². The van der Waals surface area contributed by atoms with Gasteiger partial charge in [-0.25, -0.2) is 4.39 Å². The summed E-state index contributed by atoms with van der Waals surface area (Å²) in [6.45, 7) is 4.01. The highest BCUT2D eigenvalue weighted by molar-refractivity contribution is 5.89. The van der Waals surface area contributed by atoms with E-state index in [-0.39, 0.29) is 24.1 Å². The van der Waals surface area contributed by atoms with Gasteiger partial charge in [-0.3, -0.25) is 9.69 Å². The zero-order valence-electron chi connectivity index (χ0n) is 18.4. The van der Waals surface area contributed by atoms with Crippen molar-refractivity contribution in [2.75, 3.05) is 39.4 Å². The first-order valence-electron chi connectivity index (χ1n) is 11.7. The highest BCUT2D eigenvalue weighted by Crippen LogP contribution is 2.45. The third-order valence-corrected chi connectivity index (χ3v) is 7.26. The van der Waals surface area contributed by atoms with Crippen molar-refractivity contribution in [3.05, 3.63) is 71.5 Å². The molecule has 5 rings (SSSR count). The molecule has 32 heavy (non-hydrogen) atoms. The van der Waals surface area contributed by atoms with Gasteiger partial charge in [0.1, 0.15) is 12.0 Å².